The van der Waals surface area contributed by atoms with Gasteiger partial charge in [0.2, 0.25) is 5.91 Å². The summed E-state index contributed by atoms with van der Waals surface area (Å²) in [5.74, 6) is 2.06. The molecule has 1 saturated carbocycles. The molecule has 1 aliphatic carbocycles. The maximum Gasteiger partial charge on any atom is 0.223 e. The molecule has 1 atom stereocenters. The van der Waals surface area contributed by atoms with E-state index in [-0.39, 0.29) is 5.91 Å². The van der Waals surface area contributed by atoms with Gasteiger partial charge in [0.05, 0.1) is 6.61 Å². The molecule has 0 bridgehead atoms. The van der Waals surface area contributed by atoms with Crippen molar-refractivity contribution in [3.63, 3.8) is 0 Å². The molecule has 1 fully saturated rings. The van der Waals surface area contributed by atoms with E-state index < -0.39 is 0 Å². The first-order chi connectivity index (χ1) is 9.84. The molecule has 1 aromatic rings. The third kappa shape index (κ3) is 3.31. The average molecular weight is 274 g/mol. The average Bonchev–Trinajstić information content (AvgIpc) is 3.31. The van der Waals surface area contributed by atoms with Gasteiger partial charge in [0.15, 0.2) is 0 Å². The number of hydrogen-bond donors (Lipinski definition) is 2. The highest BCUT2D eigenvalue weighted by Crippen LogP contribution is 2.32. The van der Waals surface area contributed by atoms with E-state index in [4.69, 9.17) is 4.74 Å². The smallest absolute Gasteiger partial charge is 0.223 e. The van der Waals surface area contributed by atoms with Gasteiger partial charge in [-0.05, 0) is 30.9 Å². The van der Waals surface area contributed by atoms with Crippen LogP contribution >= 0.6 is 0 Å². The number of nitrogens with one attached hydrogen (secondary N) is 2. The lowest BCUT2D eigenvalue weighted by Crippen LogP contribution is -2.34. The lowest BCUT2D eigenvalue weighted by molar-refractivity contribution is -0.122. The Morgan fingerprint density at radius 1 is 1.20 bits per heavy atom. The van der Waals surface area contributed by atoms with Crippen molar-refractivity contribution < 1.29 is 9.53 Å². The van der Waals surface area contributed by atoms with Gasteiger partial charge in [-0.1, -0.05) is 18.2 Å². The zero-order chi connectivity index (χ0) is 13.8. The lowest BCUT2D eigenvalue weighted by atomic mass is 9.93. The maximum atomic E-state index is 11.5. The maximum absolute atomic E-state index is 11.5. The molecule has 4 heteroatoms. The van der Waals surface area contributed by atoms with Crippen LogP contribution in [-0.2, 0) is 4.79 Å². The SMILES string of the molecule is O=C(NCCNCC1CCOc2ccccc21)C1CC1. The van der Waals surface area contributed by atoms with Crippen LogP contribution in [0, 0.1) is 5.92 Å². The number of amides is 1. The van der Waals surface area contributed by atoms with Gasteiger partial charge >= 0.3 is 0 Å². The second-order valence-electron chi connectivity index (χ2n) is 5.64. The van der Waals surface area contributed by atoms with Crippen LogP contribution in [0.4, 0.5) is 0 Å². The molecule has 108 valence electrons. The zero-order valence-electron chi connectivity index (χ0n) is 11.7. The van der Waals surface area contributed by atoms with Gasteiger partial charge in [0.25, 0.3) is 0 Å². The number of fused-ring (bicyclic) bond motifs is 1. The Balaban J connectivity index is 1.39. The number of rotatable bonds is 6. The molecule has 1 amide bonds. The molecule has 1 aromatic carbocycles. The molecule has 1 aliphatic heterocycles. The lowest BCUT2D eigenvalue weighted by Gasteiger charge is -2.26. The van der Waals surface area contributed by atoms with Gasteiger partial charge in [-0.3, -0.25) is 4.79 Å². The van der Waals surface area contributed by atoms with Gasteiger partial charge in [0.1, 0.15) is 5.75 Å². The number of hydrogen-bond acceptors (Lipinski definition) is 3. The second kappa shape index (κ2) is 6.27. The van der Waals surface area contributed by atoms with Crippen LogP contribution in [0.1, 0.15) is 30.7 Å². The quantitative estimate of drug-likeness (QED) is 0.776. The Labute approximate surface area is 119 Å². The first-order valence-corrected chi connectivity index (χ1v) is 7.55. The van der Waals surface area contributed by atoms with Crippen molar-refractivity contribution in [3.8, 4) is 5.75 Å². The van der Waals surface area contributed by atoms with E-state index in [1.54, 1.807) is 0 Å². The summed E-state index contributed by atoms with van der Waals surface area (Å²) in [6, 6.07) is 8.27. The van der Waals surface area contributed by atoms with E-state index in [0.29, 0.717) is 11.8 Å². The van der Waals surface area contributed by atoms with E-state index in [0.717, 1.165) is 51.3 Å². The van der Waals surface area contributed by atoms with Crippen molar-refractivity contribution in [2.75, 3.05) is 26.2 Å². The number of benzene rings is 1. The molecular formula is C16H22N2O2. The molecule has 1 unspecified atom stereocenters. The number of carbonyl (C=O) groups excluding carboxylic acids is 1. The topological polar surface area (TPSA) is 50.4 Å². The van der Waals surface area contributed by atoms with Gasteiger partial charge in [-0.2, -0.15) is 0 Å². The fourth-order valence-corrected chi connectivity index (χ4v) is 2.67. The van der Waals surface area contributed by atoms with Crippen molar-refractivity contribution in [1.29, 1.82) is 0 Å². The Bertz CT molecular complexity index is 471. The molecule has 0 aromatic heterocycles. The summed E-state index contributed by atoms with van der Waals surface area (Å²) < 4.78 is 5.66. The normalized spacial score (nSPS) is 20.9. The predicted molar refractivity (Wildman–Crippen MR) is 77.9 cm³/mol. The van der Waals surface area contributed by atoms with E-state index in [9.17, 15) is 4.79 Å². The standard InChI is InChI=1S/C16H22N2O2/c19-16(12-5-6-12)18-9-8-17-11-13-7-10-20-15-4-2-1-3-14(13)15/h1-4,12-13,17H,5-11H2,(H,18,19). The van der Waals surface area contributed by atoms with E-state index in [2.05, 4.69) is 22.8 Å². The first-order valence-electron chi connectivity index (χ1n) is 7.55. The summed E-state index contributed by atoms with van der Waals surface area (Å²) in [6.45, 7) is 3.29. The molecule has 20 heavy (non-hydrogen) atoms. The summed E-state index contributed by atoms with van der Waals surface area (Å²) in [5, 5.41) is 6.42. The van der Waals surface area contributed by atoms with Crippen LogP contribution in [0.5, 0.6) is 5.75 Å². The van der Waals surface area contributed by atoms with Crippen molar-refractivity contribution >= 4 is 5.91 Å². The van der Waals surface area contributed by atoms with Gasteiger partial charge in [-0.15, -0.1) is 0 Å². The highest BCUT2D eigenvalue weighted by Gasteiger charge is 2.29. The second-order valence-corrected chi connectivity index (χ2v) is 5.64. The highest BCUT2D eigenvalue weighted by molar-refractivity contribution is 5.80. The van der Waals surface area contributed by atoms with Crippen LogP contribution in [0.15, 0.2) is 24.3 Å². The summed E-state index contributed by atoms with van der Waals surface area (Å²) in [5.41, 5.74) is 1.30. The van der Waals surface area contributed by atoms with Gasteiger partial charge < -0.3 is 15.4 Å². The van der Waals surface area contributed by atoms with Crippen LogP contribution in [0.2, 0.25) is 0 Å². The Hall–Kier alpha value is -1.55. The molecule has 1 heterocycles. The third-order valence-electron chi connectivity index (χ3n) is 4.02. The summed E-state index contributed by atoms with van der Waals surface area (Å²) >= 11 is 0. The number of para-hydroxylation sites is 1. The number of carbonyl (C=O) groups is 1. The minimum absolute atomic E-state index is 0.225. The molecule has 0 saturated heterocycles. The fraction of sp³-hybridized carbons (Fsp3) is 0.562. The molecule has 4 nitrogen and oxygen atoms in total. The van der Waals surface area contributed by atoms with Crippen LogP contribution in [0.25, 0.3) is 0 Å². The van der Waals surface area contributed by atoms with Crippen molar-refractivity contribution in [2.24, 2.45) is 5.92 Å². The van der Waals surface area contributed by atoms with E-state index >= 15 is 0 Å². The molecule has 2 aliphatic rings. The third-order valence-corrected chi connectivity index (χ3v) is 4.02. The molecule has 3 rings (SSSR count). The largest absolute Gasteiger partial charge is 0.493 e. The zero-order valence-corrected chi connectivity index (χ0v) is 11.7. The van der Waals surface area contributed by atoms with Crippen molar-refractivity contribution in [1.82, 2.24) is 10.6 Å². The molecule has 2 N–H and O–H groups in total. The monoisotopic (exact) mass is 274 g/mol. The summed E-state index contributed by atoms with van der Waals surface area (Å²) in [6.07, 6.45) is 3.19. The highest BCUT2D eigenvalue weighted by atomic mass is 16.5. The fourth-order valence-electron chi connectivity index (χ4n) is 2.67. The van der Waals surface area contributed by atoms with Crippen molar-refractivity contribution in [3.05, 3.63) is 29.8 Å². The van der Waals surface area contributed by atoms with Gasteiger partial charge in [0, 0.05) is 31.5 Å². The van der Waals surface area contributed by atoms with E-state index in [1.807, 2.05) is 12.1 Å². The Kier molecular flexibility index (Phi) is 4.21. The van der Waals surface area contributed by atoms with Gasteiger partial charge in [-0.25, -0.2) is 0 Å². The Morgan fingerprint density at radius 2 is 2.05 bits per heavy atom. The van der Waals surface area contributed by atoms with Crippen LogP contribution in [-0.4, -0.2) is 32.1 Å². The predicted octanol–water partition coefficient (Wildman–Crippen LogP) is 1.67. The first kappa shape index (κ1) is 13.4. The number of ether oxygens (including phenoxy) is 1. The minimum Gasteiger partial charge on any atom is -0.493 e. The summed E-state index contributed by atoms with van der Waals surface area (Å²) in [4.78, 5) is 11.5. The van der Waals surface area contributed by atoms with Crippen LogP contribution in [0.3, 0.4) is 0 Å². The van der Waals surface area contributed by atoms with Crippen molar-refractivity contribution in [2.45, 2.75) is 25.2 Å². The summed E-state index contributed by atoms with van der Waals surface area (Å²) in [7, 11) is 0. The molecule has 0 radical (unpaired) electrons. The Morgan fingerprint density at radius 3 is 2.90 bits per heavy atom. The molecular weight excluding hydrogens is 252 g/mol. The molecule has 0 spiro atoms. The van der Waals surface area contributed by atoms with E-state index in [1.165, 1.54) is 5.56 Å². The minimum atomic E-state index is 0.225. The van der Waals surface area contributed by atoms with Crippen LogP contribution < -0.4 is 15.4 Å².